The van der Waals surface area contributed by atoms with E-state index in [1.54, 1.807) is 6.08 Å². The number of ether oxygens (including phenoxy) is 1. The summed E-state index contributed by atoms with van der Waals surface area (Å²) in [6.07, 6.45) is 4.29. The van der Waals surface area contributed by atoms with Crippen molar-refractivity contribution in [2.24, 2.45) is 0 Å². The number of aliphatic hydroxyl groups is 1. The highest BCUT2D eigenvalue weighted by Crippen LogP contribution is 2.00. The van der Waals surface area contributed by atoms with Crippen molar-refractivity contribution in [3.05, 3.63) is 11.6 Å². The molecule has 0 aromatic carbocycles. The zero-order chi connectivity index (χ0) is 10.1. The number of hydrogen-bond donors (Lipinski definition) is 1. The Morgan fingerprint density at radius 1 is 1.46 bits per heavy atom. The predicted molar refractivity (Wildman–Crippen MR) is 51.3 cm³/mol. The van der Waals surface area contributed by atoms with Gasteiger partial charge in [-0.2, -0.15) is 0 Å². The number of allylic oxidation sites excluding steroid dienone is 1. The average Bonchev–Trinajstić information content (AvgIpc) is 2.14. The summed E-state index contributed by atoms with van der Waals surface area (Å²) in [7, 11) is 0. The van der Waals surface area contributed by atoms with E-state index in [1.165, 1.54) is 0 Å². The minimum absolute atomic E-state index is 0.237. The van der Waals surface area contributed by atoms with Crippen LogP contribution in [0.2, 0.25) is 0 Å². The minimum atomic E-state index is -0.391. The summed E-state index contributed by atoms with van der Waals surface area (Å²) in [4.78, 5) is 11.2. The molecule has 0 aliphatic carbocycles. The highest BCUT2D eigenvalue weighted by Gasteiger charge is 2.07. The fourth-order valence-electron chi connectivity index (χ4n) is 0.861. The van der Waals surface area contributed by atoms with Crippen LogP contribution in [0.15, 0.2) is 11.6 Å². The molecule has 0 heterocycles. The lowest BCUT2D eigenvalue weighted by Crippen LogP contribution is -2.11. The van der Waals surface area contributed by atoms with E-state index >= 15 is 0 Å². The number of hydrogen-bond acceptors (Lipinski definition) is 3. The van der Waals surface area contributed by atoms with Crippen molar-refractivity contribution in [1.29, 1.82) is 0 Å². The number of esters is 1. The Bertz CT molecular complexity index is 173. The predicted octanol–water partition coefficient (Wildman–Crippen LogP) is 1.66. The van der Waals surface area contributed by atoms with Gasteiger partial charge >= 0.3 is 5.97 Å². The van der Waals surface area contributed by atoms with Crippen LogP contribution in [0, 0.1) is 0 Å². The molecule has 3 heteroatoms. The first kappa shape index (κ1) is 12.2. The zero-order valence-electron chi connectivity index (χ0n) is 8.38. The lowest BCUT2D eigenvalue weighted by Gasteiger charge is -2.04. The van der Waals surface area contributed by atoms with Crippen LogP contribution >= 0.6 is 0 Å². The van der Waals surface area contributed by atoms with Crippen LogP contribution in [-0.2, 0) is 9.53 Å². The summed E-state index contributed by atoms with van der Waals surface area (Å²) >= 11 is 0. The van der Waals surface area contributed by atoms with Gasteiger partial charge in [0.2, 0.25) is 0 Å². The number of carbonyl (C=O) groups excluding carboxylic acids is 1. The average molecular weight is 186 g/mol. The molecule has 1 N–H and O–H groups in total. The van der Waals surface area contributed by atoms with E-state index in [2.05, 4.69) is 0 Å². The Morgan fingerprint density at radius 3 is 2.62 bits per heavy atom. The maximum Gasteiger partial charge on any atom is 0.336 e. The smallest absolute Gasteiger partial charge is 0.336 e. The SMILES string of the molecule is CCC=C(CO)C(=O)OCCCC. The fourth-order valence-corrected chi connectivity index (χ4v) is 0.861. The Morgan fingerprint density at radius 2 is 2.15 bits per heavy atom. The van der Waals surface area contributed by atoms with E-state index < -0.39 is 5.97 Å². The molecule has 0 amide bonds. The van der Waals surface area contributed by atoms with Crippen LogP contribution in [0.4, 0.5) is 0 Å². The van der Waals surface area contributed by atoms with Gasteiger partial charge in [0.1, 0.15) is 0 Å². The van der Waals surface area contributed by atoms with E-state index in [0.29, 0.717) is 12.2 Å². The van der Waals surface area contributed by atoms with Crippen LogP contribution in [0.5, 0.6) is 0 Å². The van der Waals surface area contributed by atoms with Gasteiger partial charge in [0.15, 0.2) is 0 Å². The van der Waals surface area contributed by atoms with E-state index in [0.717, 1.165) is 19.3 Å². The second kappa shape index (κ2) is 7.80. The summed E-state index contributed by atoms with van der Waals surface area (Å²) in [5.41, 5.74) is 0.360. The molecule has 0 rings (SSSR count). The van der Waals surface area contributed by atoms with Crippen LogP contribution in [0.1, 0.15) is 33.1 Å². The Kier molecular flexibility index (Phi) is 7.30. The van der Waals surface area contributed by atoms with Crippen molar-refractivity contribution < 1.29 is 14.6 Å². The zero-order valence-corrected chi connectivity index (χ0v) is 8.38. The number of rotatable bonds is 6. The molecular formula is C10H18O3. The molecule has 0 spiro atoms. The third-order valence-electron chi connectivity index (χ3n) is 1.61. The molecule has 3 nitrogen and oxygen atoms in total. The summed E-state index contributed by atoms with van der Waals surface area (Å²) in [6, 6.07) is 0. The van der Waals surface area contributed by atoms with Crippen molar-refractivity contribution in [2.75, 3.05) is 13.2 Å². The second-order valence-corrected chi connectivity index (χ2v) is 2.79. The van der Waals surface area contributed by atoms with Crippen molar-refractivity contribution in [1.82, 2.24) is 0 Å². The van der Waals surface area contributed by atoms with Gasteiger partial charge in [-0.25, -0.2) is 4.79 Å². The van der Waals surface area contributed by atoms with Gasteiger partial charge in [0.25, 0.3) is 0 Å². The quantitative estimate of drug-likeness (QED) is 0.390. The summed E-state index contributed by atoms with van der Waals surface area (Å²) in [5, 5.41) is 8.81. The molecule has 0 saturated carbocycles. The molecule has 0 bridgehead atoms. The second-order valence-electron chi connectivity index (χ2n) is 2.79. The van der Waals surface area contributed by atoms with Gasteiger partial charge in [-0.1, -0.05) is 26.3 Å². The van der Waals surface area contributed by atoms with E-state index in [4.69, 9.17) is 9.84 Å². The van der Waals surface area contributed by atoms with Crippen LogP contribution in [0.25, 0.3) is 0 Å². The summed E-state index contributed by atoms with van der Waals surface area (Å²) < 4.78 is 4.92. The molecule has 0 aromatic rings. The molecule has 76 valence electrons. The number of unbranched alkanes of at least 4 members (excludes halogenated alkanes) is 1. The highest BCUT2D eigenvalue weighted by molar-refractivity contribution is 5.88. The van der Waals surface area contributed by atoms with Crippen LogP contribution < -0.4 is 0 Å². The normalized spacial score (nSPS) is 11.5. The summed E-state index contributed by atoms with van der Waals surface area (Å²) in [6.45, 7) is 4.15. The standard InChI is InChI=1S/C10H18O3/c1-3-5-7-13-10(12)9(8-11)6-4-2/h6,11H,3-5,7-8H2,1-2H3. The molecule has 0 atom stereocenters. The molecule has 13 heavy (non-hydrogen) atoms. The van der Waals surface area contributed by atoms with Gasteiger partial charge in [0, 0.05) is 0 Å². The maximum atomic E-state index is 11.2. The fraction of sp³-hybridized carbons (Fsp3) is 0.700. The van der Waals surface area contributed by atoms with Crippen LogP contribution in [0.3, 0.4) is 0 Å². The van der Waals surface area contributed by atoms with E-state index in [1.807, 2.05) is 13.8 Å². The van der Waals surface area contributed by atoms with E-state index in [-0.39, 0.29) is 6.61 Å². The third-order valence-corrected chi connectivity index (χ3v) is 1.61. The Hall–Kier alpha value is -0.830. The Labute approximate surface area is 79.4 Å². The molecular weight excluding hydrogens is 168 g/mol. The van der Waals surface area contributed by atoms with Gasteiger partial charge in [-0.05, 0) is 12.8 Å². The first-order valence-corrected chi connectivity index (χ1v) is 4.73. The first-order valence-electron chi connectivity index (χ1n) is 4.73. The van der Waals surface area contributed by atoms with Gasteiger partial charge in [0.05, 0.1) is 18.8 Å². The molecule has 0 aliphatic rings. The van der Waals surface area contributed by atoms with Crippen LogP contribution in [-0.4, -0.2) is 24.3 Å². The largest absolute Gasteiger partial charge is 0.462 e. The van der Waals surface area contributed by atoms with Crippen molar-refractivity contribution in [3.63, 3.8) is 0 Å². The third kappa shape index (κ3) is 5.42. The van der Waals surface area contributed by atoms with Crippen molar-refractivity contribution >= 4 is 5.97 Å². The highest BCUT2D eigenvalue weighted by atomic mass is 16.5. The van der Waals surface area contributed by atoms with Crippen molar-refractivity contribution in [2.45, 2.75) is 33.1 Å². The topological polar surface area (TPSA) is 46.5 Å². The Balaban J connectivity index is 3.85. The first-order chi connectivity index (χ1) is 6.26. The lowest BCUT2D eigenvalue weighted by molar-refractivity contribution is -0.139. The maximum absolute atomic E-state index is 11.2. The van der Waals surface area contributed by atoms with Gasteiger partial charge in [-0.15, -0.1) is 0 Å². The lowest BCUT2D eigenvalue weighted by atomic mass is 10.2. The van der Waals surface area contributed by atoms with Gasteiger partial charge < -0.3 is 9.84 Å². The molecule has 0 aliphatic heterocycles. The van der Waals surface area contributed by atoms with E-state index in [9.17, 15) is 4.79 Å². The number of carbonyl (C=O) groups is 1. The monoisotopic (exact) mass is 186 g/mol. The molecule has 0 unspecified atom stereocenters. The molecule has 0 saturated heterocycles. The molecule has 0 fully saturated rings. The summed E-state index contributed by atoms with van der Waals surface area (Å²) in [5.74, 6) is -0.391. The molecule has 0 aromatic heterocycles. The minimum Gasteiger partial charge on any atom is -0.462 e. The van der Waals surface area contributed by atoms with Gasteiger partial charge in [-0.3, -0.25) is 0 Å². The number of aliphatic hydroxyl groups excluding tert-OH is 1. The van der Waals surface area contributed by atoms with Crippen molar-refractivity contribution in [3.8, 4) is 0 Å². The molecule has 0 radical (unpaired) electrons.